The van der Waals surface area contributed by atoms with E-state index in [1.165, 1.54) is 11.3 Å². The van der Waals surface area contributed by atoms with Crippen LogP contribution in [0.3, 0.4) is 0 Å². The number of carbonyl (C=O) groups excluding carboxylic acids is 1. The monoisotopic (exact) mass is 349 g/mol. The first kappa shape index (κ1) is 13.5. The molecule has 2 aromatic rings. The van der Waals surface area contributed by atoms with Gasteiger partial charge in [0.05, 0.1) is 4.66 Å². The van der Waals surface area contributed by atoms with Gasteiger partial charge in [-0.1, -0.05) is 28.6 Å². The van der Waals surface area contributed by atoms with Crippen LogP contribution in [0.5, 0.6) is 0 Å². The molecule has 3 rings (SSSR count). The number of fused-ring (bicyclic) bond motifs is 1. The average molecular weight is 350 g/mol. The Bertz CT molecular complexity index is 892. The fourth-order valence-electron chi connectivity index (χ4n) is 2.53. The quantitative estimate of drug-likeness (QED) is 0.781. The lowest BCUT2D eigenvalue weighted by molar-refractivity contribution is -0.112. The van der Waals surface area contributed by atoms with Crippen LogP contribution >= 0.6 is 27.3 Å². The van der Waals surface area contributed by atoms with E-state index in [4.69, 9.17) is 0 Å². The third kappa shape index (κ3) is 1.93. The second-order valence-corrected chi connectivity index (χ2v) is 6.65. The van der Waals surface area contributed by atoms with Crippen LogP contribution in [0.4, 0.5) is 0 Å². The van der Waals surface area contributed by atoms with Crippen LogP contribution in [-0.4, -0.2) is 10.4 Å². The highest BCUT2D eigenvalue weighted by Crippen LogP contribution is 2.29. The summed E-state index contributed by atoms with van der Waals surface area (Å²) >= 11 is 4.72. The Morgan fingerprint density at radius 2 is 2.15 bits per heavy atom. The zero-order valence-corrected chi connectivity index (χ0v) is 13.3. The van der Waals surface area contributed by atoms with Crippen molar-refractivity contribution in [1.82, 2.24) is 4.57 Å². The van der Waals surface area contributed by atoms with Gasteiger partial charge in [0.1, 0.15) is 4.53 Å². The number of benzene rings is 1. The summed E-state index contributed by atoms with van der Waals surface area (Å²) in [5, 5.41) is 0. The first-order valence-electron chi connectivity index (χ1n) is 6.27. The Balaban J connectivity index is 2.45. The van der Waals surface area contributed by atoms with E-state index in [1.54, 1.807) is 4.57 Å². The highest BCUT2D eigenvalue weighted by molar-refractivity contribution is 9.10. The number of hydrogen-bond donors (Lipinski definition) is 0. The number of nitrogens with zero attached hydrogens (tertiary/aromatic N) is 1. The minimum atomic E-state index is -0.112. The summed E-state index contributed by atoms with van der Waals surface area (Å²) in [4.78, 5) is 24.7. The van der Waals surface area contributed by atoms with Gasteiger partial charge in [0, 0.05) is 23.0 Å². The van der Waals surface area contributed by atoms with Gasteiger partial charge in [-0.15, -0.1) is 11.3 Å². The maximum absolute atomic E-state index is 12.4. The molecule has 0 bridgehead atoms. The Kier molecular flexibility index (Phi) is 3.26. The Morgan fingerprint density at radius 1 is 1.40 bits per heavy atom. The summed E-state index contributed by atoms with van der Waals surface area (Å²) in [5.74, 6) is 0.0136. The van der Waals surface area contributed by atoms with E-state index in [0.29, 0.717) is 27.7 Å². The van der Waals surface area contributed by atoms with Crippen molar-refractivity contribution in [2.75, 3.05) is 0 Å². The lowest BCUT2D eigenvalue weighted by Gasteiger charge is -1.99. The normalized spacial score (nSPS) is 16.6. The van der Waals surface area contributed by atoms with E-state index >= 15 is 0 Å². The van der Waals surface area contributed by atoms with Crippen molar-refractivity contribution < 1.29 is 4.79 Å². The molecule has 1 heterocycles. The van der Waals surface area contributed by atoms with Gasteiger partial charge in [0.2, 0.25) is 0 Å². The molecule has 5 heteroatoms. The predicted octanol–water partition coefficient (Wildman–Crippen LogP) is 1.43. The third-order valence-electron chi connectivity index (χ3n) is 3.47. The molecule has 0 saturated carbocycles. The van der Waals surface area contributed by atoms with E-state index in [9.17, 15) is 9.59 Å². The van der Waals surface area contributed by atoms with Crippen LogP contribution in [-0.2, 0) is 17.8 Å². The molecule has 0 aliphatic heterocycles. The van der Waals surface area contributed by atoms with Crippen molar-refractivity contribution in [1.29, 1.82) is 0 Å². The molecule has 0 radical (unpaired) electrons. The molecular weight excluding hydrogens is 338 g/mol. The number of thiazole rings is 1. The maximum atomic E-state index is 12.4. The fourth-order valence-corrected chi connectivity index (χ4v) is 3.97. The van der Waals surface area contributed by atoms with Crippen LogP contribution in [0.2, 0.25) is 0 Å². The van der Waals surface area contributed by atoms with Crippen molar-refractivity contribution in [3.8, 4) is 0 Å². The largest absolute Gasteiger partial charge is 0.300 e. The zero-order chi connectivity index (χ0) is 14.4. The number of Topliss-reactive ketones (excluding diaryl/α,β-unsaturated/α-hetero) is 1. The minimum Gasteiger partial charge on any atom is -0.300 e. The number of aromatic nitrogens is 1. The van der Waals surface area contributed by atoms with Crippen LogP contribution in [0.15, 0.2) is 27.5 Å². The molecule has 0 saturated heterocycles. The standard InChI is InChI=1S/C15H12BrNO2S/c1-3-17-8(2)20-14(15(17)19)13-11-7-10(16)5-4-9(11)6-12(13)18/h4-5,7H,2-3,6H2,1H3/b14-13-. The Morgan fingerprint density at radius 3 is 2.80 bits per heavy atom. The third-order valence-corrected chi connectivity index (χ3v) is 5.01. The van der Waals surface area contributed by atoms with Crippen molar-refractivity contribution in [3.05, 3.63) is 53.3 Å². The van der Waals surface area contributed by atoms with Gasteiger partial charge in [-0.25, -0.2) is 0 Å². The topological polar surface area (TPSA) is 39.1 Å². The van der Waals surface area contributed by atoms with Gasteiger partial charge in [0.15, 0.2) is 5.78 Å². The number of halogens is 1. The fraction of sp³-hybridized carbons (Fsp3) is 0.200. The van der Waals surface area contributed by atoms with E-state index in [0.717, 1.165) is 15.6 Å². The van der Waals surface area contributed by atoms with Crippen LogP contribution in [0.25, 0.3) is 12.2 Å². The zero-order valence-electron chi connectivity index (χ0n) is 10.9. The van der Waals surface area contributed by atoms with Gasteiger partial charge < -0.3 is 0 Å². The Labute approximate surface area is 128 Å². The summed E-state index contributed by atoms with van der Waals surface area (Å²) < 4.78 is 3.72. The highest BCUT2D eigenvalue weighted by atomic mass is 79.9. The van der Waals surface area contributed by atoms with E-state index < -0.39 is 0 Å². The second-order valence-electron chi connectivity index (χ2n) is 4.65. The van der Waals surface area contributed by atoms with Crippen LogP contribution in [0.1, 0.15) is 18.1 Å². The summed E-state index contributed by atoms with van der Waals surface area (Å²) in [6, 6.07) is 5.76. The maximum Gasteiger partial charge on any atom is 0.269 e. The highest BCUT2D eigenvalue weighted by Gasteiger charge is 2.27. The molecule has 0 fully saturated rings. The first-order valence-corrected chi connectivity index (χ1v) is 7.88. The Hall–Kier alpha value is -1.46. The van der Waals surface area contributed by atoms with Gasteiger partial charge in [-0.3, -0.25) is 14.2 Å². The lowest BCUT2D eigenvalue weighted by Crippen LogP contribution is -2.32. The molecule has 0 atom stereocenters. The van der Waals surface area contributed by atoms with Crippen molar-refractivity contribution in [2.45, 2.75) is 19.9 Å². The molecule has 3 nitrogen and oxygen atoms in total. The summed E-state index contributed by atoms with van der Waals surface area (Å²) in [5.41, 5.74) is 2.28. The van der Waals surface area contributed by atoms with Crippen LogP contribution < -0.4 is 14.8 Å². The van der Waals surface area contributed by atoms with E-state index in [1.807, 2.05) is 25.1 Å². The van der Waals surface area contributed by atoms with Crippen molar-refractivity contribution >= 4 is 45.2 Å². The molecule has 0 spiro atoms. The van der Waals surface area contributed by atoms with Gasteiger partial charge in [0.25, 0.3) is 5.56 Å². The molecule has 1 aromatic heterocycles. The van der Waals surface area contributed by atoms with Crippen molar-refractivity contribution in [3.63, 3.8) is 0 Å². The second kappa shape index (κ2) is 4.82. The number of rotatable bonds is 1. The minimum absolute atomic E-state index is 0.0136. The summed E-state index contributed by atoms with van der Waals surface area (Å²) in [6.07, 6.45) is 0.369. The SMILES string of the molecule is C=c1s/c(=C2\C(=O)Cc3ccc(Br)cc32)c(=O)n1CC. The number of carbonyl (C=O) groups is 1. The average Bonchev–Trinajstić information content (AvgIpc) is 2.85. The smallest absolute Gasteiger partial charge is 0.269 e. The molecule has 0 unspecified atom stereocenters. The number of hydrogen-bond acceptors (Lipinski definition) is 3. The molecule has 1 aromatic carbocycles. The molecule has 20 heavy (non-hydrogen) atoms. The molecule has 1 aliphatic carbocycles. The van der Waals surface area contributed by atoms with Crippen LogP contribution in [0, 0.1) is 0 Å². The summed E-state index contributed by atoms with van der Waals surface area (Å²) in [6.45, 7) is 6.36. The molecule has 102 valence electrons. The summed E-state index contributed by atoms with van der Waals surface area (Å²) in [7, 11) is 0. The van der Waals surface area contributed by atoms with E-state index in [2.05, 4.69) is 22.5 Å². The molecular formula is C15H12BrNO2S. The lowest BCUT2D eigenvalue weighted by atomic mass is 10.1. The van der Waals surface area contributed by atoms with Gasteiger partial charge in [-0.2, -0.15) is 0 Å². The van der Waals surface area contributed by atoms with Gasteiger partial charge >= 0.3 is 0 Å². The molecule has 0 amide bonds. The predicted molar refractivity (Wildman–Crippen MR) is 84.4 cm³/mol. The van der Waals surface area contributed by atoms with Gasteiger partial charge in [-0.05, 0) is 30.2 Å². The number of ketones is 1. The first-order chi connectivity index (χ1) is 9.52. The van der Waals surface area contributed by atoms with Crippen molar-refractivity contribution in [2.24, 2.45) is 0 Å². The molecule has 0 N–H and O–H groups in total. The molecule has 1 aliphatic rings. The van der Waals surface area contributed by atoms with E-state index in [-0.39, 0.29) is 11.3 Å².